The summed E-state index contributed by atoms with van der Waals surface area (Å²) in [5, 5.41) is 11.7. The number of hydrogen-bond acceptors (Lipinski definition) is 3. The van der Waals surface area contributed by atoms with Gasteiger partial charge in [-0.2, -0.15) is 0 Å². The van der Waals surface area contributed by atoms with Crippen molar-refractivity contribution in [2.75, 3.05) is 0 Å². The van der Waals surface area contributed by atoms with Gasteiger partial charge in [0.1, 0.15) is 5.82 Å². The van der Waals surface area contributed by atoms with Crippen LogP contribution in [0.4, 0.5) is 4.39 Å². The van der Waals surface area contributed by atoms with Crippen molar-refractivity contribution in [2.45, 2.75) is 26.1 Å². The topological polar surface area (TPSA) is 75.3 Å². The van der Waals surface area contributed by atoms with Crippen LogP contribution in [0.2, 0.25) is 0 Å². The molecule has 1 amide bonds. The number of aliphatic hydroxyl groups is 1. The molecule has 130 valence electrons. The second kappa shape index (κ2) is 9.37. The average Bonchev–Trinajstić information content (AvgIpc) is 2.59. The first-order valence-electron chi connectivity index (χ1n) is 7.49. The van der Waals surface area contributed by atoms with Gasteiger partial charge in [-0.3, -0.25) is 4.79 Å². The van der Waals surface area contributed by atoms with Crippen molar-refractivity contribution in [3.8, 4) is 0 Å². The van der Waals surface area contributed by atoms with E-state index in [1.165, 1.54) is 12.1 Å². The molecule has 2 aromatic carbocycles. The average molecular weight is 353 g/mol. The van der Waals surface area contributed by atoms with Crippen LogP contribution in [0.1, 0.15) is 29.7 Å². The van der Waals surface area contributed by atoms with Crippen molar-refractivity contribution in [1.82, 2.24) is 5.32 Å². The normalized spacial score (nSPS) is 12.8. The molecule has 2 rings (SSSR count). The predicted molar refractivity (Wildman–Crippen MR) is 94.0 cm³/mol. The van der Waals surface area contributed by atoms with E-state index in [-0.39, 0.29) is 37.0 Å². The lowest BCUT2D eigenvalue weighted by Crippen LogP contribution is -2.35. The third-order valence-corrected chi connectivity index (χ3v) is 3.89. The minimum atomic E-state index is -0.478. The van der Waals surface area contributed by atoms with Crippen molar-refractivity contribution < 1.29 is 14.3 Å². The Labute approximate surface area is 147 Å². The maximum atomic E-state index is 13.6. The van der Waals surface area contributed by atoms with Gasteiger partial charge >= 0.3 is 0 Å². The van der Waals surface area contributed by atoms with E-state index in [1.54, 1.807) is 13.0 Å². The Bertz CT molecular complexity index is 667. The van der Waals surface area contributed by atoms with Crippen LogP contribution in [0.3, 0.4) is 0 Å². The molecule has 0 saturated heterocycles. The molecule has 0 fully saturated rings. The lowest BCUT2D eigenvalue weighted by Gasteiger charge is -2.20. The molecule has 2 aromatic rings. The van der Waals surface area contributed by atoms with Crippen molar-refractivity contribution in [3.63, 3.8) is 0 Å². The minimum Gasteiger partial charge on any atom is -0.392 e. The van der Waals surface area contributed by atoms with E-state index < -0.39 is 17.8 Å². The molecule has 2 unspecified atom stereocenters. The molecule has 0 aliphatic carbocycles. The second-order valence-electron chi connectivity index (χ2n) is 5.53. The Morgan fingerprint density at radius 1 is 1.25 bits per heavy atom. The van der Waals surface area contributed by atoms with Crippen LogP contribution in [0.25, 0.3) is 0 Å². The van der Waals surface area contributed by atoms with Gasteiger partial charge in [-0.15, -0.1) is 12.4 Å². The number of benzene rings is 2. The van der Waals surface area contributed by atoms with Gasteiger partial charge in [0.05, 0.1) is 12.5 Å². The maximum Gasteiger partial charge on any atom is 0.225 e. The van der Waals surface area contributed by atoms with Gasteiger partial charge in [0.25, 0.3) is 0 Å². The van der Waals surface area contributed by atoms with E-state index in [4.69, 9.17) is 10.8 Å². The fraction of sp³-hybridized carbons (Fsp3) is 0.278. The quantitative estimate of drug-likeness (QED) is 0.748. The highest BCUT2D eigenvalue weighted by Crippen LogP contribution is 2.19. The van der Waals surface area contributed by atoms with Crippen molar-refractivity contribution in [3.05, 3.63) is 71.0 Å². The first-order valence-corrected chi connectivity index (χ1v) is 7.49. The summed E-state index contributed by atoms with van der Waals surface area (Å²) in [7, 11) is 0. The summed E-state index contributed by atoms with van der Waals surface area (Å²) < 4.78 is 13.6. The number of carbonyl (C=O) groups excluding carboxylic acids is 1. The van der Waals surface area contributed by atoms with E-state index in [1.807, 2.05) is 30.3 Å². The number of hydrogen-bond donors (Lipinski definition) is 3. The zero-order chi connectivity index (χ0) is 16.8. The second-order valence-corrected chi connectivity index (χ2v) is 5.53. The first-order chi connectivity index (χ1) is 11.0. The Kier molecular flexibility index (Phi) is 7.85. The summed E-state index contributed by atoms with van der Waals surface area (Å²) in [6, 6.07) is 13.5. The Morgan fingerprint density at radius 2 is 1.92 bits per heavy atom. The van der Waals surface area contributed by atoms with Crippen LogP contribution in [0.5, 0.6) is 0 Å². The smallest absolute Gasteiger partial charge is 0.225 e. The van der Waals surface area contributed by atoms with Crippen LogP contribution in [0.15, 0.2) is 48.5 Å². The fourth-order valence-corrected chi connectivity index (χ4v) is 2.31. The zero-order valence-electron chi connectivity index (χ0n) is 13.4. The van der Waals surface area contributed by atoms with Crippen LogP contribution >= 0.6 is 12.4 Å². The van der Waals surface area contributed by atoms with Gasteiger partial charge in [0.15, 0.2) is 0 Å². The van der Waals surface area contributed by atoms with Gasteiger partial charge in [-0.25, -0.2) is 4.39 Å². The van der Waals surface area contributed by atoms with Gasteiger partial charge in [0, 0.05) is 18.2 Å². The highest BCUT2D eigenvalue weighted by Gasteiger charge is 2.21. The molecule has 24 heavy (non-hydrogen) atoms. The van der Waals surface area contributed by atoms with Crippen molar-refractivity contribution >= 4 is 18.3 Å². The summed E-state index contributed by atoms with van der Waals surface area (Å²) in [6.07, 6.45) is 0. The molecule has 0 heterocycles. The number of rotatable bonds is 6. The molecule has 0 aliphatic heterocycles. The van der Waals surface area contributed by atoms with E-state index in [0.717, 1.165) is 5.56 Å². The first kappa shape index (κ1) is 20.1. The molecular weight excluding hydrogens is 331 g/mol. The number of amides is 1. The highest BCUT2D eigenvalue weighted by atomic mass is 35.5. The molecule has 0 aromatic heterocycles. The Morgan fingerprint density at radius 3 is 2.50 bits per heavy atom. The van der Waals surface area contributed by atoms with E-state index in [9.17, 15) is 9.18 Å². The molecule has 0 spiro atoms. The Balaban J connectivity index is 0.00000288. The molecule has 6 heteroatoms. The standard InChI is InChI=1S/C18H21FN2O2.ClH/c1-12(17(20)14-5-3-2-4-6-14)18(23)21-10-13-7-8-15(11-22)16(19)9-13;/h2-9,12,17,22H,10-11,20H2,1H3,(H,21,23);1H. The lowest BCUT2D eigenvalue weighted by molar-refractivity contribution is -0.125. The minimum absolute atomic E-state index is 0. The molecule has 0 aliphatic rings. The number of aliphatic hydroxyl groups excluding tert-OH is 1. The molecule has 0 radical (unpaired) electrons. The number of nitrogens with two attached hydrogens (primary N) is 1. The lowest BCUT2D eigenvalue weighted by atomic mass is 9.94. The molecule has 0 bridgehead atoms. The molecule has 0 saturated carbocycles. The summed E-state index contributed by atoms with van der Waals surface area (Å²) in [5.74, 6) is -1.07. The highest BCUT2D eigenvalue weighted by molar-refractivity contribution is 5.85. The number of halogens is 2. The zero-order valence-corrected chi connectivity index (χ0v) is 14.2. The number of carbonyl (C=O) groups is 1. The van der Waals surface area contributed by atoms with Gasteiger partial charge in [-0.05, 0) is 17.2 Å². The third-order valence-electron chi connectivity index (χ3n) is 3.89. The fourth-order valence-electron chi connectivity index (χ4n) is 2.31. The third kappa shape index (κ3) is 5.03. The van der Waals surface area contributed by atoms with Gasteiger partial charge < -0.3 is 16.2 Å². The summed E-state index contributed by atoms with van der Waals surface area (Å²) >= 11 is 0. The summed E-state index contributed by atoms with van der Waals surface area (Å²) in [5.41, 5.74) is 7.89. The monoisotopic (exact) mass is 352 g/mol. The SMILES string of the molecule is CC(C(=O)NCc1ccc(CO)c(F)c1)C(N)c1ccccc1.Cl. The van der Waals surface area contributed by atoms with Crippen LogP contribution in [-0.4, -0.2) is 11.0 Å². The Hall–Kier alpha value is -1.95. The summed E-state index contributed by atoms with van der Waals surface area (Å²) in [4.78, 5) is 12.2. The van der Waals surface area contributed by atoms with Gasteiger partial charge in [0.2, 0.25) is 5.91 Å². The van der Waals surface area contributed by atoms with Crippen molar-refractivity contribution in [2.24, 2.45) is 11.7 Å². The van der Waals surface area contributed by atoms with Crippen LogP contribution in [0, 0.1) is 11.7 Å². The van der Waals surface area contributed by atoms with E-state index >= 15 is 0 Å². The molecule has 4 nitrogen and oxygen atoms in total. The van der Waals surface area contributed by atoms with Crippen LogP contribution in [-0.2, 0) is 17.9 Å². The van der Waals surface area contributed by atoms with E-state index in [0.29, 0.717) is 5.56 Å². The largest absolute Gasteiger partial charge is 0.392 e. The molecular formula is C18H22ClFN2O2. The predicted octanol–water partition coefficient (Wildman–Crippen LogP) is 2.69. The maximum absolute atomic E-state index is 13.6. The van der Waals surface area contributed by atoms with Gasteiger partial charge in [-0.1, -0.05) is 49.4 Å². The number of nitrogens with one attached hydrogen (secondary N) is 1. The molecule has 4 N–H and O–H groups in total. The summed E-state index contributed by atoms with van der Waals surface area (Å²) in [6.45, 7) is 1.64. The van der Waals surface area contributed by atoms with E-state index in [2.05, 4.69) is 5.32 Å². The van der Waals surface area contributed by atoms with Crippen molar-refractivity contribution in [1.29, 1.82) is 0 Å². The van der Waals surface area contributed by atoms with Crippen LogP contribution < -0.4 is 11.1 Å². The molecule has 2 atom stereocenters.